The number of hydrogen-bond acceptors (Lipinski definition) is 4. The molecular formula is C13H19NO3. The molecule has 0 aliphatic carbocycles. The molecule has 4 heteroatoms. The molecule has 1 atom stereocenters. The highest BCUT2D eigenvalue weighted by Gasteiger charge is 2.17. The zero-order valence-corrected chi connectivity index (χ0v) is 10.5. The maximum Gasteiger partial charge on any atom is 0.323 e. The molecule has 0 bridgehead atoms. The highest BCUT2D eigenvalue weighted by molar-refractivity contribution is 5.76. The molecule has 0 radical (unpaired) electrons. The number of carbonyl (C=O) groups excluding carboxylic acids is 1. The lowest BCUT2D eigenvalue weighted by Gasteiger charge is -2.14. The summed E-state index contributed by atoms with van der Waals surface area (Å²) in [6.07, 6.45) is 0.610. The minimum Gasteiger partial charge on any atom is -0.497 e. The first-order valence-corrected chi connectivity index (χ1v) is 5.68. The summed E-state index contributed by atoms with van der Waals surface area (Å²) in [7, 11) is 3.38. The van der Waals surface area contributed by atoms with Crippen molar-refractivity contribution >= 4 is 5.97 Å². The molecule has 0 heterocycles. The van der Waals surface area contributed by atoms with E-state index in [4.69, 9.17) is 9.47 Å². The molecule has 0 aliphatic rings. The second kappa shape index (κ2) is 6.91. The van der Waals surface area contributed by atoms with Gasteiger partial charge in [0.15, 0.2) is 0 Å². The van der Waals surface area contributed by atoms with Gasteiger partial charge in [-0.25, -0.2) is 0 Å². The van der Waals surface area contributed by atoms with Crippen molar-refractivity contribution in [3.8, 4) is 5.75 Å². The molecule has 0 aliphatic heterocycles. The second-order valence-corrected chi connectivity index (χ2v) is 3.65. The fourth-order valence-corrected chi connectivity index (χ4v) is 1.54. The summed E-state index contributed by atoms with van der Waals surface area (Å²) in [6, 6.07) is 7.36. The zero-order valence-electron chi connectivity index (χ0n) is 10.5. The summed E-state index contributed by atoms with van der Waals surface area (Å²) >= 11 is 0. The third-order valence-corrected chi connectivity index (χ3v) is 2.52. The molecule has 1 rings (SSSR count). The van der Waals surface area contributed by atoms with E-state index >= 15 is 0 Å². The normalized spacial score (nSPS) is 11.9. The summed E-state index contributed by atoms with van der Waals surface area (Å²) in [6.45, 7) is 2.21. The summed E-state index contributed by atoms with van der Waals surface area (Å²) in [4.78, 5) is 11.6. The van der Waals surface area contributed by atoms with Crippen LogP contribution in [0.5, 0.6) is 5.75 Å². The van der Waals surface area contributed by atoms with Crippen LogP contribution >= 0.6 is 0 Å². The number of nitrogens with one attached hydrogen (secondary N) is 1. The average Bonchev–Trinajstić information content (AvgIpc) is 2.37. The first kappa shape index (κ1) is 13.5. The van der Waals surface area contributed by atoms with Gasteiger partial charge in [0.1, 0.15) is 11.8 Å². The third-order valence-electron chi connectivity index (χ3n) is 2.52. The minimum absolute atomic E-state index is 0.217. The van der Waals surface area contributed by atoms with Gasteiger partial charge in [-0.15, -0.1) is 0 Å². The Morgan fingerprint density at radius 1 is 1.35 bits per heavy atom. The van der Waals surface area contributed by atoms with Crippen LogP contribution in [0.15, 0.2) is 24.3 Å². The van der Waals surface area contributed by atoms with Crippen LogP contribution in [0.4, 0.5) is 0 Å². The zero-order chi connectivity index (χ0) is 12.7. The maximum absolute atomic E-state index is 11.6. The standard InChI is InChI=1S/C13H19NO3/c1-4-17-13(15)12(14-2)9-10-5-7-11(16-3)8-6-10/h5-8,12,14H,4,9H2,1-3H3. The van der Waals surface area contributed by atoms with Crippen LogP contribution in [0, 0.1) is 0 Å². The predicted octanol–water partition coefficient (Wildman–Crippen LogP) is 1.39. The van der Waals surface area contributed by atoms with Crippen LogP contribution in [-0.2, 0) is 16.0 Å². The molecule has 0 saturated carbocycles. The van der Waals surface area contributed by atoms with E-state index in [1.807, 2.05) is 24.3 Å². The van der Waals surface area contributed by atoms with Crippen molar-refractivity contribution in [2.75, 3.05) is 20.8 Å². The molecule has 0 spiro atoms. The number of rotatable bonds is 6. The van der Waals surface area contributed by atoms with Gasteiger partial charge in [-0.05, 0) is 38.1 Å². The van der Waals surface area contributed by atoms with Gasteiger partial charge in [-0.1, -0.05) is 12.1 Å². The van der Waals surface area contributed by atoms with Gasteiger partial charge in [0, 0.05) is 0 Å². The van der Waals surface area contributed by atoms with Gasteiger partial charge in [0.05, 0.1) is 13.7 Å². The Hall–Kier alpha value is -1.55. The van der Waals surface area contributed by atoms with E-state index in [9.17, 15) is 4.79 Å². The highest BCUT2D eigenvalue weighted by Crippen LogP contribution is 2.13. The number of esters is 1. The van der Waals surface area contributed by atoms with Gasteiger partial charge in [-0.3, -0.25) is 4.79 Å². The van der Waals surface area contributed by atoms with E-state index < -0.39 is 0 Å². The second-order valence-electron chi connectivity index (χ2n) is 3.65. The van der Waals surface area contributed by atoms with Gasteiger partial charge in [-0.2, -0.15) is 0 Å². The smallest absolute Gasteiger partial charge is 0.323 e. The fraction of sp³-hybridized carbons (Fsp3) is 0.462. The van der Waals surface area contributed by atoms with Crippen molar-refractivity contribution in [2.24, 2.45) is 0 Å². The predicted molar refractivity (Wildman–Crippen MR) is 66.2 cm³/mol. The highest BCUT2D eigenvalue weighted by atomic mass is 16.5. The summed E-state index contributed by atoms with van der Waals surface area (Å²) in [5, 5.41) is 2.96. The molecule has 17 heavy (non-hydrogen) atoms. The minimum atomic E-state index is -0.302. The van der Waals surface area contributed by atoms with Crippen molar-refractivity contribution in [1.29, 1.82) is 0 Å². The first-order valence-electron chi connectivity index (χ1n) is 5.68. The van der Waals surface area contributed by atoms with Crippen LogP contribution in [0.1, 0.15) is 12.5 Å². The summed E-state index contributed by atoms with van der Waals surface area (Å²) in [5.41, 5.74) is 1.07. The van der Waals surface area contributed by atoms with Crippen molar-refractivity contribution in [3.05, 3.63) is 29.8 Å². The van der Waals surface area contributed by atoms with Gasteiger partial charge >= 0.3 is 5.97 Å². The SMILES string of the molecule is CCOC(=O)C(Cc1ccc(OC)cc1)NC. The maximum atomic E-state index is 11.6. The number of benzene rings is 1. The quantitative estimate of drug-likeness (QED) is 0.759. The fourth-order valence-electron chi connectivity index (χ4n) is 1.54. The van der Waals surface area contributed by atoms with E-state index in [1.165, 1.54) is 0 Å². The largest absolute Gasteiger partial charge is 0.497 e. The number of likely N-dealkylation sites (N-methyl/N-ethyl adjacent to an activating group) is 1. The van der Waals surface area contributed by atoms with Crippen LogP contribution in [0.2, 0.25) is 0 Å². The molecule has 0 saturated heterocycles. The molecule has 0 fully saturated rings. The van der Waals surface area contributed by atoms with Gasteiger partial charge < -0.3 is 14.8 Å². The number of hydrogen-bond donors (Lipinski definition) is 1. The molecule has 4 nitrogen and oxygen atoms in total. The van der Waals surface area contributed by atoms with Crippen molar-refractivity contribution in [1.82, 2.24) is 5.32 Å². The molecule has 1 aromatic carbocycles. The first-order chi connectivity index (χ1) is 8.21. The van der Waals surface area contributed by atoms with E-state index in [-0.39, 0.29) is 12.0 Å². The van der Waals surface area contributed by atoms with Crippen LogP contribution in [0.3, 0.4) is 0 Å². The van der Waals surface area contributed by atoms with E-state index in [0.717, 1.165) is 11.3 Å². The molecule has 1 N–H and O–H groups in total. The molecule has 0 aromatic heterocycles. The third kappa shape index (κ3) is 4.07. The lowest BCUT2D eigenvalue weighted by molar-refractivity contribution is -0.145. The molecular weight excluding hydrogens is 218 g/mol. The van der Waals surface area contributed by atoms with Gasteiger partial charge in [0.25, 0.3) is 0 Å². The molecule has 1 aromatic rings. The Kier molecular flexibility index (Phi) is 5.49. The number of ether oxygens (including phenoxy) is 2. The van der Waals surface area contributed by atoms with Crippen LogP contribution in [-0.4, -0.2) is 32.8 Å². The summed E-state index contributed by atoms with van der Waals surface area (Å²) in [5.74, 6) is 0.594. The average molecular weight is 237 g/mol. The Labute approximate surface area is 102 Å². The van der Waals surface area contributed by atoms with E-state index in [2.05, 4.69) is 5.32 Å². The Morgan fingerprint density at radius 2 is 2.00 bits per heavy atom. The lowest BCUT2D eigenvalue weighted by Crippen LogP contribution is -2.37. The topological polar surface area (TPSA) is 47.6 Å². The van der Waals surface area contributed by atoms with Crippen molar-refractivity contribution in [2.45, 2.75) is 19.4 Å². The summed E-state index contributed by atoms with van der Waals surface area (Å²) < 4.78 is 10.1. The molecule has 94 valence electrons. The Bertz CT molecular complexity index is 348. The van der Waals surface area contributed by atoms with Crippen LogP contribution in [0.25, 0.3) is 0 Å². The van der Waals surface area contributed by atoms with Crippen molar-refractivity contribution < 1.29 is 14.3 Å². The van der Waals surface area contributed by atoms with Crippen LogP contribution < -0.4 is 10.1 Å². The molecule has 0 amide bonds. The van der Waals surface area contributed by atoms with Crippen molar-refractivity contribution in [3.63, 3.8) is 0 Å². The van der Waals surface area contributed by atoms with E-state index in [0.29, 0.717) is 13.0 Å². The van der Waals surface area contributed by atoms with E-state index in [1.54, 1.807) is 21.1 Å². The number of carbonyl (C=O) groups is 1. The lowest BCUT2D eigenvalue weighted by atomic mass is 10.1. The molecule has 1 unspecified atom stereocenters. The Balaban J connectivity index is 2.63. The Morgan fingerprint density at radius 3 is 2.47 bits per heavy atom. The van der Waals surface area contributed by atoms with Gasteiger partial charge in [0.2, 0.25) is 0 Å². The number of methoxy groups -OCH3 is 1. The monoisotopic (exact) mass is 237 g/mol.